The molecule has 0 aromatic carbocycles. The van der Waals surface area contributed by atoms with Crippen molar-refractivity contribution in [3.8, 4) is 0 Å². The average molecular weight is 256 g/mol. The van der Waals surface area contributed by atoms with Crippen molar-refractivity contribution in [1.82, 2.24) is 9.97 Å². The first-order valence-corrected chi connectivity index (χ1v) is 7.58. The molecule has 1 saturated heterocycles. The zero-order chi connectivity index (χ0) is 11.5. The summed E-state index contributed by atoms with van der Waals surface area (Å²) in [6.45, 7) is 0. The summed E-state index contributed by atoms with van der Waals surface area (Å²) < 4.78 is 0. The van der Waals surface area contributed by atoms with Crippen LogP contribution >= 0.6 is 23.5 Å². The predicted molar refractivity (Wildman–Crippen MR) is 72.4 cm³/mol. The number of nitrogens with zero attached hydrogens (tertiary/aromatic N) is 3. The zero-order valence-electron chi connectivity index (χ0n) is 9.51. The fourth-order valence-corrected chi connectivity index (χ4v) is 3.37. The van der Waals surface area contributed by atoms with Gasteiger partial charge in [0, 0.05) is 24.9 Å². The molecule has 1 unspecified atom stereocenters. The van der Waals surface area contributed by atoms with E-state index < -0.39 is 0 Å². The number of hydrogen-bond donors (Lipinski definition) is 1. The van der Waals surface area contributed by atoms with Gasteiger partial charge in [-0.15, -0.1) is 0 Å². The minimum atomic E-state index is 0.548. The van der Waals surface area contributed by atoms with Gasteiger partial charge in [-0.3, -0.25) is 0 Å². The van der Waals surface area contributed by atoms with Crippen LogP contribution in [0.1, 0.15) is 6.42 Å². The van der Waals surface area contributed by atoms with Gasteiger partial charge in [0.25, 0.3) is 0 Å². The van der Waals surface area contributed by atoms with Crippen molar-refractivity contribution in [3.63, 3.8) is 0 Å². The van der Waals surface area contributed by atoms with Crippen LogP contribution in [0.15, 0.2) is 11.2 Å². The van der Waals surface area contributed by atoms with Crippen molar-refractivity contribution >= 4 is 35.2 Å². The molecule has 2 rings (SSSR count). The lowest BCUT2D eigenvalue weighted by molar-refractivity contribution is 0.686. The summed E-state index contributed by atoms with van der Waals surface area (Å²) in [6.07, 6.45) is 3.18. The van der Waals surface area contributed by atoms with Crippen molar-refractivity contribution in [2.45, 2.75) is 17.6 Å². The molecule has 0 bridgehead atoms. The zero-order valence-corrected chi connectivity index (χ0v) is 11.1. The van der Waals surface area contributed by atoms with E-state index in [1.165, 1.54) is 29.7 Å². The summed E-state index contributed by atoms with van der Waals surface area (Å²) in [5.74, 6) is 3.90. The summed E-state index contributed by atoms with van der Waals surface area (Å²) in [5, 5.41) is 0.743. The predicted octanol–water partition coefficient (Wildman–Crippen LogP) is 1.72. The van der Waals surface area contributed by atoms with Crippen LogP contribution in [-0.2, 0) is 0 Å². The maximum absolute atomic E-state index is 5.78. The van der Waals surface area contributed by atoms with E-state index in [4.69, 9.17) is 5.73 Å². The third-order valence-corrected chi connectivity index (χ3v) is 4.40. The van der Waals surface area contributed by atoms with Gasteiger partial charge < -0.3 is 10.6 Å². The summed E-state index contributed by atoms with van der Waals surface area (Å²) in [7, 11) is 2.09. The fourth-order valence-electron chi connectivity index (χ4n) is 1.72. The van der Waals surface area contributed by atoms with Crippen molar-refractivity contribution in [2.24, 2.45) is 0 Å². The highest BCUT2D eigenvalue weighted by molar-refractivity contribution is 7.99. The van der Waals surface area contributed by atoms with Gasteiger partial charge in [0.1, 0.15) is 11.6 Å². The summed E-state index contributed by atoms with van der Waals surface area (Å²) in [4.78, 5) is 10.9. The highest BCUT2D eigenvalue weighted by Gasteiger charge is 2.21. The molecule has 6 heteroatoms. The van der Waals surface area contributed by atoms with Crippen LogP contribution in [0.4, 0.5) is 11.6 Å². The van der Waals surface area contributed by atoms with Gasteiger partial charge in [0.05, 0.1) is 0 Å². The maximum Gasteiger partial charge on any atom is 0.191 e. The smallest absolute Gasteiger partial charge is 0.191 e. The number of nitrogen functional groups attached to an aromatic ring is 1. The number of hydrogen-bond acceptors (Lipinski definition) is 6. The Hall–Kier alpha value is -0.620. The molecule has 1 aromatic heterocycles. The number of anilines is 2. The van der Waals surface area contributed by atoms with Crippen molar-refractivity contribution < 1.29 is 0 Å². The van der Waals surface area contributed by atoms with Crippen LogP contribution in [0.25, 0.3) is 0 Å². The molecule has 16 heavy (non-hydrogen) atoms. The van der Waals surface area contributed by atoms with Gasteiger partial charge in [-0.2, -0.15) is 11.8 Å². The van der Waals surface area contributed by atoms with E-state index in [1.54, 1.807) is 0 Å². The van der Waals surface area contributed by atoms with E-state index in [0.29, 0.717) is 11.9 Å². The van der Waals surface area contributed by atoms with Gasteiger partial charge in [-0.05, 0) is 18.4 Å². The molecule has 88 valence electrons. The monoisotopic (exact) mass is 256 g/mol. The minimum Gasteiger partial charge on any atom is -0.383 e. The third-order valence-electron chi connectivity index (χ3n) is 2.71. The summed E-state index contributed by atoms with van der Waals surface area (Å²) in [5.41, 5.74) is 5.78. The van der Waals surface area contributed by atoms with Crippen LogP contribution in [0, 0.1) is 0 Å². The fraction of sp³-hybridized carbons (Fsp3) is 0.600. The summed E-state index contributed by atoms with van der Waals surface area (Å²) in [6, 6.07) is 2.43. The van der Waals surface area contributed by atoms with E-state index >= 15 is 0 Å². The Kier molecular flexibility index (Phi) is 3.81. The van der Waals surface area contributed by atoms with Crippen LogP contribution in [0.2, 0.25) is 0 Å². The number of aromatic nitrogens is 2. The van der Waals surface area contributed by atoms with Crippen LogP contribution in [0.3, 0.4) is 0 Å². The highest BCUT2D eigenvalue weighted by atomic mass is 32.2. The minimum absolute atomic E-state index is 0.548. The average Bonchev–Trinajstić information content (AvgIpc) is 2.80. The molecule has 1 aromatic rings. The second-order valence-corrected chi connectivity index (χ2v) is 5.69. The topological polar surface area (TPSA) is 55.0 Å². The van der Waals surface area contributed by atoms with Gasteiger partial charge in [-0.1, -0.05) is 11.8 Å². The molecule has 1 fully saturated rings. The lowest BCUT2D eigenvalue weighted by atomic mass is 10.2. The van der Waals surface area contributed by atoms with Crippen LogP contribution in [-0.4, -0.2) is 40.8 Å². The molecule has 2 heterocycles. The first kappa shape index (κ1) is 11.9. The van der Waals surface area contributed by atoms with E-state index in [1.807, 2.05) is 24.1 Å². The number of nitrogens with two attached hydrogens (primary N) is 1. The van der Waals surface area contributed by atoms with Crippen molar-refractivity contribution in [1.29, 1.82) is 0 Å². The Bertz CT molecular complexity index is 366. The molecule has 0 aliphatic carbocycles. The Morgan fingerprint density at radius 2 is 2.38 bits per heavy atom. The lowest BCUT2D eigenvalue weighted by Crippen LogP contribution is -2.32. The normalized spacial score (nSPS) is 20.0. The summed E-state index contributed by atoms with van der Waals surface area (Å²) >= 11 is 3.52. The molecule has 1 aliphatic rings. The Balaban J connectivity index is 2.21. The van der Waals surface area contributed by atoms with Crippen molar-refractivity contribution in [2.75, 3.05) is 35.4 Å². The standard InChI is InChI=1S/C10H16N4S2/c1-14(7-3-4-16-6-7)9-5-8(11)12-10(13-9)15-2/h5,7H,3-4,6H2,1-2H3,(H2,11,12,13). The molecular formula is C10H16N4S2. The Labute approximate surface area is 104 Å². The molecule has 4 nitrogen and oxygen atoms in total. The second-order valence-electron chi connectivity index (χ2n) is 3.77. The first-order chi connectivity index (χ1) is 7.70. The lowest BCUT2D eigenvalue weighted by Gasteiger charge is -2.25. The molecule has 0 saturated carbocycles. The molecule has 1 aliphatic heterocycles. The van der Waals surface area contributed by atoms with Crippen LogP contribution in [0.5, 0.6) is 0 Å². The Morgan fingerprint density at radius 1 is 1.56 bits per heavy atom. The molecule has 1 atom stereocenters. The van der Waals surface area contributed by atoms with Crippen LogP contribution < -0.4 is 10.6 Å². The molecular weight excluding hydrogens is 240 g/mol. The number of rotatable bonds is 3. The number of thioether (sulfide) groups is 2. The van der Waals surface area contributed by atoms with Crippen molar-refractivity contribution in [3.05, 3.63) is 6.07 Å². The van der Waals surface area contributed by atoms with Gasteiger partial charge in [0.2, 0.25) is 0 Å². The quantitative estimate of drug-likeness (QED) is 0.656. The SMILES string of the molecule is CSc1nc(N)cc(N(C)C2CCSC2)n1. The third kappa shape index (κ3) is 2.55. The first-order valence-electron chi connectivity index (χ1n) is 5.20. The van der Waals surface area contributed by atoms with Gasteiger partial charge in [-0.25, -0.2) is 9.97 Å². The van der Waals surface area contributed by atoms with E-state index in [2.05, 4.69) is 21.9 Å². The van der Waals surface area contributed by atoms with E-state index in [0.717, 1.165) is 11.0 Å². The van der Waals surface area contributed by atoms with E-state index in [-0.39, 0.29) is 0 Å². The maximum atomic E-state index is 5.78. The largest absolute Gasteiger partial charge is 0.383 e. The second kappa shape index (κ2) is 5.14. The molecule has 0 radical (unpaired) electrons. The Morgan fingerprint density at radius 3 is 3.00 bits per heavy atom. The molecule has 0 amide bonds. The van der Waals surface area contributed by atoms with E-state index in [9.17, 15) is 0 Å². The van der Waals surface area contributed by atoms with Gasteiger partial charge >= 0.3 is 0 Å². The molecule has 2 N–H and O–H groups in total. The molecule has 0 spiro atoms. The van der Waals surface area contributed by atoms with Gasteiger partial charge in [0.15, 0.2) is 5.16 Å². The highest BCUT2D eigenvalue weighted by Crippen LogP contribution is 2.26.